The van der Waals surface area contributed by atoms with Crippen molar-refractivity contribution in [2.75, 3.05) is 18.7 Å². The molecule has 0 atom stereocenters. The predicted octanol–water partition coefficient (Wildman–Crippen LogP) is 2.73. The Hall–Kier alpha value is -2.54. The molecule has 0 aliphatic heterocycles. The van der Waals surface area contributed by atoms with E-state index in [1.54, 1.807) is 20.1 Å². The van der Waals surface area contributed by atoms with E-state index in [0.29, 0.717) is 12.2 Å². The number of benzene rings is 2. The molecule has 0 radical (unpaired) electrons. The summed E-state index contributed by atoms with van der Waals surface area (Å²) in [5.41, 5.74) is 2.17. The summed E-state index contributed by atoms with van der Waals surface area (Å²) in [5.74, 6) is 0.747. The number of urea groups is 1. The summed E-state index contributed by atoms with van der Waals surface area (Å²) in [6.07, 6.45) is 1.13. The van der Waals surface area contributed by atoms with Gasteiger partial charge in [0.05, 0.1) is 12.0 Å². The Morgan fingerprint density at radius 3 is 2.38 bits per heavy atom. The Morgan fingerprint density at radius 1 is 1.12 bits per heavy atom. The van der Waals surface area contributed by atoms with E-state index in [2.05, 4.69) is 10.6 Å². The van der Waals surface area contributed by atoms with E-state index in [1.807, 2.05) is 24.3 Å². The highest BCUT2D eigenvalue weighted by Gasteiger charge is 2.11. The molecule has 0 aliphatic rings. The summed E-state index contributed by atoms with van der Waals surface area (Å²) in [6, 6.07) is 11.6. The lowest BCUT2D eigenvalue weighted by Crippen LogP contribution is -2.28. The number of anilines is 1. The van der Waals surface area contributed by atoms with Crippen LogP contribution in [0.2, 0.25) is 0 Å². The molecule has 0 aliphatic carbocycles. The molecule has 128 valence electrons. The third-order valence-electron chi connectivity index (χ3n) is 3.50. The van der Waals surface area contributed by atoms with Crippen molar-refractivity contribution in [3.05, 3.63) is 53.6 Å². The summed E-state index contributed by atoms with van der Waals surface area (Å²) in [5, 5.41) is 5.41. The minimum Gasteiger partial charge on any atom is -0.497 e. The normalized spacial score (nSPS) is 11.0. The maximum atomic E-state index is 12.0. The van der Waals surface area contributed by atoms with Gasteiger partial charge in [-0.1, -0.05) is 18.2 Å². The molecule has 2 amide bonds. The second kappa shape index (κ2) is 7.35. The first-order valence-corrected chi connectivity index (χ1v) is 9.17. The van der Waals surface area contributed by atoms with Crippen LogP contribution in [0.25, 0.3) is 0 Å². The molecule has 2 N–H and O–H groups in total. The fourth-order valence-electron chi connectivity index (χ4n) is 2.06. The minimum atomic E-state index is -3.32. The second-order valence-electron chi connectivity index (χ2n) is 5.40. The van der Waals surface area contributed by atoms with Crippen LogP contribution in [0.15, 0.2) is 47.4 Å². The molecule has 7 heteroatoms. The highest BCUT2D eigenvalue weighted by Crippen LogP contribution is 2.20. The summed E-state index contributed by atoms with van der Waals surface area (Å²) in [4.78, 5) is 12.2. The molecule has 0 heterocycles. The lowest BCUT2D eigenvalue weighted by atomic mass is 10.2. The first-order valence-electron chi connectivity index (χ1n) is 7.28. The van der Waals surface area contributed by atoms with Crippen LogP contribution in [-0.2, 0) is 16.4 Å². The third kappa shape index (κ3) is 4.73. The molecule has 0 fully saturated rings. The second-order valence-corrected chi connectivity index (χ2v) is 7.42. The van der Waals surface area contributed by atoms with Gasteiger partial charge in [0, 0.05) is 18.5 Å². The molecule has 2 aromatic rings. The van der Waals surface area contributed by atoms with Crippen LogP contribution in [0.1, 0.15) is 11.1 Å². The van der Waals surface area contributed by atoms with Gasteiger partial charge in [-0.25, -0.2) is 13.2 Å². The van der Waals surface area contributed by atoms with E-state index in [0.717, 1.165) is 23.1 Å². The van der Waals surface area contributed by atoms with E-state index in [-0.39, 0.29) is 4.90 Å². The van der Waals surface area contributed by atoms with Crippen LogP contribution in [-0.4, -0.2) is 27.8 Å². The van der Waals surface area contributed by atoms with Crippen molar-refractivity contribution < 1.29 is 17.9 Å². The molecule has 0 unspecified atom stereocenters. The van der Waals surface area contributed by atoms with Gasteiger partial charge in [0.2, 0.25) is 0 Å². The topological polar surface area (TPSA) is 84.5 Å². The number of hydrogen-bond acceptors (Lipinski definition) is 4. The smallest absolute Gasteiger partial charge is 0.319 e. The molecule has 6 nitrogen and oxygen atoms in total. The number of methoxy groups -OCH3 is 1. The van der Waals surface area contributed by atoms with Crippen molar-refractivity contribution >= 4 is 21.6 Å². The van der Waals surface area contributed by atoms with Crippen molar-refractivity contribution in [1.29, 1.82) is 0 Å². The summed E-state index contributed by atoms with van der Waals surface area (Å²) in [7, 11) is -1.73. The van der Waals surface area contributed by atoms with Crippen molar-refractivity contribution in [2.24, 2.45) is 0 Å². The van der Waals surface area contributed by atoms with Gasteiger partial charge in [-0.3, -0.25) is 0 Å². The number of nitrogens with one attached hydrogen (secondary N) is 2. The first kappa shape index (κ1) is 17.8. The Bertz CT molecular complexity index is 830. The highest BCUT2D eigenvalue weighted by molar-refractivity contribution is 7.90. The predicted molar refractivity (Wildman–Crippen MR) is 93.1 cm³/mol. The average molecular weight is 348 g/mol. The quantitative estimate of drug-likeness (QED) is 0.870. The van der Waals surface area contributed by atoms with Crippen molar-refractivity contribution in [3.63, 3.8) is 0 Å². The zero-order valence-corrected chi connectivity index (χ0v) is 14.6. The van der Waals surface area contributed by atoms with Crippen LogP contribution in [0.5, 0.6) is 5.75 Å². The van der Waals surface area contributed by atoms with Crippen LogP contribution < -0.4 is 15.4 Å². The first-order chi connectivity index (χ1) is 11.3. The lowest BCUT2D eigenvalue weighted by Gasteiger charge is -2.11. The van der Waals surface area contributed by atoms with Gasteiger partial charge in [0.15, 0.2) is 9.84 Å². The summed E-state index contributed by atoms with van der Waals surface area (Å²) >= 11 is 0. The molecule has 2 rings (SSSR count). The van der Waals surface area contributed by atoms with E-state index in [9.17, 15) is 13.2 Å². The van der Waals surface area contributed by atoms with E-state index >= 15 is 0 Å². The zero-order chi connectivity index (χ0) is 17.7. The van der Waals surface area contributed by atoms with Gasteiger partial charge in [0.25, 0.3) is 0 Å². The maximum absolute atomic E-state index is 12.0. The largest absolute Gasteiger partial charge is 0.497 e. The summed E-state index contributed by atoms with van der Waals surface area (Å²) in [6.45, 7) is 2.14. The molecule has 0 bridgehead atoms. The van der Waals surface area contributed by atoms with E-state index < -0.39 is 15.9 Å². The molecular formula is C17H20N2O4S. The number of carbonyl (C=O) groups excluding carboxylic acids is 1. The fourth-order valence-corrected chi connectivity index (χ4v) is 2.71. The molecule has 0 aromatic heterocycles. The molecule has 0 saturated heterocycles. The molecule has 0 saturated carbocycles. The number of aryl methyl sites for hydroxylation is 1. The molecule has 24 heavy (non-hydrogen) atoms. The van der Waals surface area contributed by atoms with Crippen molar-refractivity contribution in [3.8, 4) is 5.75 Å². The van der Waals surface area contributed by atoms with Gasteiger partial charge in [-0.15, -0.1) is 0 Å². The van der Waals surface area contributed by atoms with Gasteiger partial charge in [0.1, 0.15) is 5.75 Å². The van der Waals surface area contributed by atoms with Crippen molar-refractivity contribution in [1.82, 2.24) is 5.32 Å². The standard InChI is InChI=1S/C17H20N2O4S/c1-12-4-9-15(24(3,21)22)10-16(12)19-17(20)18-11-13-5-7-14(23-2)8-6-13/h4-10H,11H2,1-3H3,(H2,18,19,20). The Labute approximate surface area is 141 Å². The molecule has 2 aromatic carbocycles. The number of carbonyl (C=O) groups is 1. The Balaban J connectivity index is 2.01. The Kier molecular flexibility index (Phi) is 5.46. The SMILES string of the molecule is COc1ccc(CNC(=O)Nc2cc(S(C)(=O)=O)ccc2C)cc1. The van der Waals surface area contributed by atoms with Crippen LogP contribution in [0.3, 0.4) is 0 Å². The average Bonchev–Trinajstić information content (AvgIpc) is 2.54. The van der Waals surface area contributed by atoms with Crippen LogP contribution in [0.4, 0.5) is 10.5 Å². The number of rotatable bonds is 5. The number of amides is 2. The molecular weight excluding hydrogens is 328 g/mol. The van der Waals surface area contributed by atoms with Crippen molar-refractivity contribution in [2.45, 2.75) is 18.4 Å². The number of sulfone groups is 1. The van der Waals surface area contributed by atoms with E-state index in [4.69, 9.17) is 4.74 Å². The van der Waals surface area contributed by atoms with Gasteiger partial charge in [-0.2, -0.15) is 0 Å². The highest BCUT2D eigenvalue weighted by atomic mass is 32.2. The number of hydrogen-bond donors (Lipinski definition) is 2. The van der Waals surface area contributed by atoms with Gasteiger partial charge in [-0.05, 0) is 42.3 Å². The maximum Gasteiger partial charge on any atom is 0.319 e. The fraction of sp³-hybridized carbons (Fsp3) is 0.235. The lowest BCUT2D eigenvalue weighted by molar-refractivity contribution is 0.251. The van der Waals surface area contributed by atoms with Gasteiger partial charge < -0.3 is 15.4 Å². The third-order valence-corrected chi connectivity index (χ3v) is 4.61. The van der Waals surface area contributed by atoms with E-state index in [1.165, 1.54) is 12.1 Å². The minimum absolute atomic E-state index is 0.165. The zero-order valence-electron chi connectivity index (χ0n) is 13.8. The van der Waals surface area contributed by atoms with Crippen LogP contribution in [0, 0.1) is 6.92 Å². The molecule has 0 spiro atoms. The summed E-state index contributed by atoms with van der Waals surface area (Å²) < 4.78 is 28.3. The Morgan fingerprint density at radius 2 is 1.79 bits per heavy atom. The monoisotopic (exact) mass is 348 g/mol. The number of ether oxygens (including phenoxy) is 1. The van der Waals surface area contributed by atoms with Gasteiger partial charge >= 0.3 is 6.03 Å². The van der Waals surface area contributed by atoms with Crippen LogP contribution >= 0.6 is 0 Å².